The van der Waals surface area contributed by atoms with Crippen LogP contribution in [0, 0.1) is 0 Å². The first kappa shape index (κ1) is 38.6. The first-order valence-electron chi connectivity index (χ1n) is 17.6. The lowest BCUT2D eigenvalue weighted by molar-refractivity contribution is -0.137. The van der Waals surface area contributed by atoms with Crippen molar-refractivity contribution >= 4 is 69.2 Å². The summed E-state index contributed by atoms with van der Waals surface area (Å²) < 4.78 is 6.76. The van der Waals surface area contributed by atoms with Crippen molar-refractivity contribution in [3.8, 4) is 5.69 Å². The number of hydrogen-bond acceptors (Lipinski definition) is 10. The standard InChI is InChI=1S/C38H41ClN10O6/c1-22(2)47-14-15-48(33(50)20-47)27-10-6-23(7-11-27)16-30(44-36(53)35(52)43-29-19-25(39)8-13-32(29)49-21-40-45-46-49)34(51)41-26-9-12-28-24(17-26)18-31(42-28)37(54)55-38(3,4)5/h6-13,17-19,21-22,30,42H,14-16,20H2,1-5H3,(H,41,51)(H,43,52)(H,44,53). The second kappa shape index (κ2) is 16.1. The second-order valence-corrected chi connectivity index (χ2v) is 14.8. The minimum atomic E-state index is -1.22. The Morgan fingerprint density at radius 1 is 0.945 bits per heavy atom. The average molecular weight is 769 g/mol. The number of amides is 4. The third kappa shape index (κ3) is 9.52. The lowest BCUT2D eigenvalue weighted by Crippen LogP contribution is -2.52. The van der Waals surface area contributed by atoms with E-state index in [0.29, 0.717) is 46.6 Å². The van der Waals surface area contributed by atoms with Crippen LogP contribution in [-0.4, -0.2) is 97.0 Å². The van der Waals surface area contributed by atoms with Crippen molar-refractivity contribution in [2.45, 2.75) is 58.7 Å². The molecule has 0 bridgehead atoms. The zero-order valence-corrected chi connectivity index (χ0v) is 31.7. The van der Waals surface area contributed by atoms with Crippen LogP contribution in [0.3, 0.4) is 0 Å². The van der Waals surface area contributed by atoms with Crippen molar-refractivity contribution < 1.29 is 28.7 Å². The normalized spacial score (nSPS) is 14.2. The van der Waals surface area contributed by atoms with Crippen LogP contribution < -0.4 is 20.9 Å². The first-order valence-corrected chi connectivity index (χ1v) is 18.0. The molecule has 286 valence electrons. The van der Waals surface area contributed by atoms with Gasteiger partial charge < -0.3 is 30.6 Å². The van der Waals surface area contributed by atoms with E-state index in [1.807, 2.05) is 0 Å². The summed E-state index contributed by atoms with van der Waals surface area (Å²) in [6, 6.07) is 17.4. The van der Waals surface area contributed by atoms with Crippen LogP contribution in [0.5, 0.6) is 0 Å². The fourth-order valence-electron chi connectivity index (χ4n) is 6.03. The molecule has 3 heterocycles. The maximum absolute atomic E-state index is 13.9. The highest BCUT2D eigenvalue weighted by molar-refractivity contribution is 6.40. The number of nitrogens with one attached hydrogen (secondary N) is 4. The summed E-state index contributed by atoms with van der Waals surface area (Å²) in [7, 11) is 0. The third-order valence-corrected chi connectivity index (χ3v) is 9.04. The molecule has 1 unspecified atom stereocenters. The van der Waals surface area contributed by atoms with Gasteiger partial charge in [-0.15, -0.1) is 5.10 Å². The van der Waals surface area contributed by atoms with Gasteiger partial charge in [-0.1, -0.05) is 23.7 Å². The molecule has 1 atom stereocenters. The molecule has 2 aromatic heterocycles. The van der Waals surface area contributed by atoms with Crippen LogP contribution in [-0.2, 0) is 30.3 Å². The molecular formula is C38H41ClN10O6. The molecule has 0 aliphatic carbocycles. The van der Waals surface area contributed by atoms with Crippen molar-refractivity contribution in [3.05, 3.63) is 89.3 Å². The van der Waals surface area contributed by atoms with Crippen LogP contribution in [0.15, 0.2) is 73.1 Å². The van der Waals surface area contributed by atoms with Crippen LogP contribution in [0.25, 0.3) is 16.6 Å². The van der Waals surface area contributed by atoms with E-state index in [4.69, 9.17) is 16.3 Å². The predicted molar refractivity (Wildman–Crippen MR) is 206 cm³/mol. The van der Waals surface area contributed by atoms with Gasteiger partial charge in [0.1, 0.15) is 23.7 Å². The van der Waals surface area contributed by atoms with E-state index in [9.17, 15) is 24.0 Å². The quantitative estimate of drug-likeness (QED) is 0.119. The first-order chi connectivity index (χ1) is 26.1. The van der Waals surface area contributed by atoms with Gasteiger partial charge in [0.15, 0.2) is 0 Å². The number of carbonyl (C=O) groups excluding carboxylic acids is 5. The highest BCUT2D eigenvalue weighted by Gasteiger charge is 2.28. The largest absolute Gasteiger partial charge is 0.455 e. The Morgan fingerprint density at radius 2 is 1.71 bits per heavy atom. The third-order valence-electron chi connectivity index (χ3n) is 8.81. The Hall–Kier alpha value is -6.13. The highest BCUT2D eigenvalue weighted by Crippen LogP contribution is 2.25. The van der Waals surface area contributed by atoms with E-state index in [1.54, 1.807) is 86.3 Å². The molecule has 0 saturated carbocycles. The molecule has 6 rings (SSSR count). The van der Waals surface area contributed by atoms with Crippen molar-refractivity contribution in [1.82, 2.24) is 35.4 Å². The summed E-state index contributed by atoms with van der Waals surface area (Å²) in [5, 5.41) is 19.9. The molecule has 4 amide bonds. The molecule has 16 nitrogen and oxygen atoms in total. The molecule has 4 N–H and O–H groups in total. The highest BCUT2D eigenvalue weighted by atomic mass is 35.5. The zero-order chi connectivity index (χ0) is 39.4. The van der Waals surface area contributed by atoms with E-state index in [2.05, 4.69) is 55.2 Å². The smallest absolute Gasteiger partial charge is 0.355 e. The minimum absolute atomic E-state index is 0.00242. The molecule has 5 aromatic rings. The molecule has 3 aromatic carbocycles. The summed E-state index contributed by atoms with van der Waals surface area (Å²) in [4.78, 5) is 73.1. The lowest BCUT2D eigenvalue weighted by Gasteiger charge is -2.36. The van der Waals surface area contributed by atoms with Gasteiger partial charge in [0, 0.05) is 52.9 Å². The van der Waals surface area contributed by atoms with Gasteiger partial charge in [0.2, 0.25) is 11.8 Å². The zero-order valence-electron chi connectivity index (χ0n) is 30.9. The lowest BCUT2D eigenvalue weighted by atomic mass is 10.0. The number of tetrazole rings is 1. The molecule has 0 spiro atoms. The van der Waals surface area contributed by atoms with E-state index < -0.39 is 35.3 Å². The van der Waals surface area contributed by atoms with Crippen LogP contribution >= 0.6 is 11.6 Å². The Bertz CT molecular complexity index is 2230. The van der Waals surface area contributed by atoms with Gasteiger partial charge in [-0.25, -0.2) is 4.79 Å². The Labute approximate surface area is 321 Å². The fraction of sp³-hybridized carbons (Fsp3) is 0.316. The number of ether oxygens (including phenoxy) is 1. The number of carbonyl (C=O) groups is 5. The van der Waals surface area contributed by atoms with Gasteiger partial charge in [-0.05, 0) is 105 Å². The number of fused-ring (bicyclic) bond motifs is 1. The van der Waals surface area contributed by atoms with Gasteiger partial charge in [0.05, 0.1) is 17.9 Å². The van der Waals surface area contributed by atoms with Crippen LogP contribution in [0.1, 0.15) is 50.7 Å². The Kier molecular flexibility index (Phi) is 11.3. The van der Waals surface area contributed by atoms with Crippen molar-refractivity contribution in [2.24, 2.45) is 0 Å². The number of esters is 1. The summed E-state index contributed by atoms with van der Waals surface area (Å²) in [6.45, 7) is 11.0. The van der Waals surface area contributed by atoms with Crippen molar-refractivity contribution in [3.63, 3.8) is 0 Å². The van der Waals surface area contributed by atoms with Crippen molar-refractivity contribution in [2.75, 3.05) is 35.2 Å². The number of halogens is 1. The molecule has 1 aliphatic heterocycles. The second-order valence-electron chi connectivity index (χ2n) is 14.4. The predicted octanol–water partition coefficient (Wildman–Crippen LogP) is 4.11. The van der Waals surface area contributed by atoms with E-state index >= 15 is 0 Å². The van der Waals surface area contributed by atoms with Gasteiger partial charge in [-0.2, -0.15) is 4.68 Å². The van der Waals surface area contributed by atoms with Gasteiger partial charge >= 0.3 is 17.8 Å². The summed E-state index contributed by atoms with van der Waals surface area (Å²) in [5.41, 5.74) is 2.48. The average Bonchev–Trinajstić information content (AvgIpc) is 3.82. The number of aromatic nitrogens is 5. The summed E-state index contributed by atoms with van der Waals surface area (Å²) >= 11 is 6.19. The number of rotatable bonds is 10. The maximum Gasteiger partial charge on any atom is 0.355 e. The topological polar surface area (TPSA) is 197 Å². The van der Waals surface area contributed by atoms with Crippen molar-refractivity contribution in [1.29, 1.82) is 0 Å². The number of benzene rings is 3. The number of H-pyrrole nitrogens is 1. The maximum atomic E-state index is 13.9. The number of hydrogen-bond donors (Lipinski definition) is 4. The van der Waals surface area contributed by atoms with E-state index in [-0.39, 0.29) is 34.8 Å². The van der Waals surface area contributed by atoms with Crippen LogP contribution in [0.4, 0.5) is 17.1 Å². The number of piperazine rings is 1. The Morgan fingerprint density at radius 3 is 2.38 bits per heavy atom. The number of aromatic amines is 1. The summed E-state index contributed by atoms with van der Waals surface area (Å²) in [5.74, 6) is -3.29. The summed E-state index contributed by atoms with van der Waals surface area (Å²) in [6.07, 6.45) is 1.32. The van der Waals surface area contributed by atoms with Gasteiger partial charge in [0.25, 0.3) is 0 Å². The minimum Gasteiger partial charge on any atom is -0.455 e. The fourth-order valence-corrected chi connectivity index (χ4v) is 6.20. The molecule has 1 saturated heterocycles. The Balaban J connectivity index is 1.21. The molecule has 0 radical (unpaired) electrons. The molecule has 55 heavy (non-hydrogen) atoms. The monoisotopic (exact) mass is 768 g/mol. The SMILES string of the molecule is CC(C)N1CCN(c2ccc(CC(NC(=O)C(=O)Nc3cc(Cl)ccc3-n3cnnn3)C(=O)Nc3ccc4[nH]c(C(=O)OC(C)(C)C)cc4c3)cc2)C(=O)C1. The number of anilines is 3. The van der Waals surface area contributed by atoms with E-state index in [1.165, 1.54) is 17.1 Å². The molecular weight excluding hydrogens is 728 g/mol. The van der Waals surface area contributed by atoms with Crippen LogP contribution in [0.2, 0.25) is 5.02 Å². The van der Waals surface area contributed by atoms with E-state index in [0.717, 1.165) is 6.54 Å². The van der Waals surface area contributed by atoms with Gasteiger partial charge in [-0.3, -0.25) is 24.1 Å². The molecule has 1 fully saturated rings. The molecule has 17 heteroatoms. The molecule has 1 aliphatic rings. The number of nitrogens with zero attached hydrogens (tertiary/aromatic N) is 6.